The lowest BCUT2D eigenvalue weighted by Gasteiger charge is -2.36. The van der Waals surface area contributed by atoms with E-state index in [4.69, 9.17) is 4.52 Å². The van der Waals surface area contributed by atoms with Crippen molar-refractivity contribution in [3.05, 3.63) is 47.9 Å². The molecular weight excluding hydrogens is 513 g/mol. The zero-order valence-corrected chi connectivity index (χ0v) is 20.3. The molecule has 3 aromatic rings. The third-order valence-electron chi connectivity index (χ3n) is 4.88. The fourth-order valence-corrected chi connectivity index (χ4v) is 4.06. The number of hydrogen-bond donors (Lipinski definition) is 1. The number of anilines is 1. The largest absolute Gasteiger partial charge is 0.356 e. The smallest absolute Gasteiger partial charge is 0.205 e. The van der Waals surface area contributed by atoms with Gasteiger partial charge in [-0.25, -0.2) is 4.98 Å². The maximum atomic E-state index is 5.47. The van der Waals surface area contributed by atoms with Crippen LogP contribution < -0.4 is 10.2 Å². The van der Waals surface area contributed by atoms with Crippen molar-refractivity contribution < 1.29 is 4.52 Å². The Morgan fingerprint density at radius 1 is 1.20 bits per heavy atom. The summed E-state index contributed by atoms with van der Waals surface area (Å²) >= 11 is 1.49. The quantitative estimate of drug-likeness (QED) is 0.303. The van der Waals surface area contributed by atoms with E-state index in [1.165, 1.54) is 11.5 Å². The van der Waals surface area contributed by atoms with Crippen LogP contribution in [0.3, 0.4) is 0 Å². The SMILES string of the molecule is CCc1nsc(N2CCN(C(=NC)NCc3cc(-c4ccccc4)on3)CC2)n1.I. The first-order valence-corrected chi connectivity index (χ1v) is 10.6. The zero-order valence-electron chi connectivity index (χ0n) is 17.1. The highest BCUT2D eigenvalue weighted by atomic mass is 127. The van der Waals surface area contributed by atoms with Gasteiger partial charge in [0.25, 0.3) is 0 Å². The van der Waals surface area contributed by atoms with Gasteiger partial charge in [-0.05, 0) is 0 Å². The van der Waals surface area contributed by atoms with Gasteiger partial charge < -0.3 is 19.6 Å². The molecule has 0 radical (unpaired) electrons. The Kier molecular flexibility index (Phi) is 8.02. The predicted octanol–water partition coefficient (Wildman–Crippen LogP) is 3.27. The molecule has 1 aliphatic heterocycles. The molecule has 1 aromatic carbocycles. The van der Waals surface area contributed by atoms with Crippen molar-refractivity contribution >= 4 is 46.6 Å². The van der Waals surface area contributed by atoms with Gasteiger partial charge >= 0.3 is 0 Å². The Balaban J connectivity index is 0.00000256. The molecule has 0 unspecified atom stereocenters. The topological polar surface area (TPSA) is 82.7 Å². The molecule has 30 heavy (non-hydrogen) atoms. The third-order valence-corrected chi connectivity index (χ3v) is 5.69. The number of guanidine groups is 1. The molecule has 0 amide bonds. The monoisotopic (exact) mass is 539 g/mol. The van der Waals surface area contributed by atoms with Gasteiger partial charge in [-0.15, -0.1) is 24.0 Å². The average molecular weight is 539 g/mol. The number of nitrogens with zero attached hydrogens (tertiary/aromatic N) is 6. The first-order valence-electron chi connectivity index (χ1n) is 9.81. The highest BCUT2D eigenvalue weighted by molar-refractivity contribution is 14.0. The molecule has 4 rings (SSSR count). The fraction of sp³-hybridized carbons (Fsp3) is 0.400. The molecule has 1 saturated heterocycles. The van der Waals surface area contributed by atoms with E-state index in [1.54, 1.807) is 0 Å². The van der Waals surface area contributed by atoms with E-state index in [9.17, 15) is 0 Å². The molecule has 0 spiro atoms. The van der Waals surface area contributed by atoms with Crippen LogP contribution >= 0.6 is 35.5 Å². The molecule has 0 aliphatic carbocycles. The normalized spacial score (nSPS) is 14.5. The van der Waals surface area contributed by atoms with Crippen LogP contribution in [-0.4, -0.2) is 58.6 Å². The van der Waals surface area contributed by atoms with E-state index >= 15 is 0 Å². The first-order chi connectivity index (χ1) is 14.3. The van der Waals surface area contributed by atoms with Crippen LogP contribution in [0.15, 0.2) is 45.9 Å². The molecule has 8 nitrogen and oxygen atoms in total. The maximum Gasteiger partial charge on any atom is 0.205 e. The van der Waals surface area contributed by atoms with Crippen LogP contribution in [-0.2, 0) is 13.0 Å². The summed E-state index contributed by atoms with van der Waals surface area (Å²) in [5, 5.41) is 8.58. The molecule has 0 bridgehead atoms. The van der Waals surface area contributed by atoms with Gasteiger partial charge in [0, 0.05) is 62.8 Å². The van der Waals surface area contributed by atoms with Gasteiger partial charge in [0.05, 0.1) is 6.54 Å². The molecular formula is C20H26IN7OS. The lowest BCUT2D eigenvalue weighted by molar-refractivity contribution is 0.370. The lowest BCUT2D eigenvalue weighted by atomic mass is 10.2. The summed E-state index contributed by atoms with van der Waals surface area (Å²) in [6.07, 6.45) is 0.876. The van der Waals surface area contributed by atoms with Gasteiger partial charge in [-0.3, -0.25) is 4.99 Å². The number of piperazine rings is 1. The van der Waals surface area contributed by atoms with Crippen LogP contribution in [0.1, 0.15) is 18.4 Å². The molecule has 1 aliphatic rings. The van der Waals surface area contributed by atoms with Crippen LogP contribution in [0.4, 0.5) is 5.13 Å². The van der Waals surface area contributed by atoms with E-state index in [2.05, 4.69) is 41.5 Å². The van der Waals surface area contributed by atoms with Crippen LogP contribution in [0.5, 0.6) is 0 Å². The minimum absolute atomic E-state index is 0. The number of nitrogens with one attached hydrogen (secondary N) is 1. The highest BCUT2D eigenvalue weighted by Crippen LogP contribution is 2.20. The zero-order chi connectivity index (χ0) is 20.1. The predicted molar refractivity (Wildman–Crippen MR) is 131 cm³/mol. The minimum Gasteiger partial charge on any atom is -0.356 e. The van der Waals surface area contributed by atoms with Crippen LogP contribution in [0, 0.1) is 0 Å². The van der Waals surface area contributed by atoms with E-state index < -0.39 is 0 Å². The maximum absolute atomic E-state index is 5.47. The fourth-order valence-electron chi connectivity index (χ4n) is 3.26. The number of hydrogen-bond acceptors (Lipinski definition) is 7. The van der Waals surface area contributed by atoms with Gasteiger partial charge in [0.15, 0.2) is 11.7 Å². The van der Waals surface area contributed by atoms with Crippen molar-refractivity contribution in [2.45, 2.75) is 19.9 Å². The second-order valence-electron chi connectivity index (χ2n) is 6.77. The highest BCUT2D eigenvalue weighted by Gasteiger charge is 2.22. The molecule has 2 aromatic heterocycles. The standard InChI is InChI=1S/C20H25N7OS.HI/c1-3-18-23-20(29-25-18)27-11-9-26(10-12-27)19(21-2)22-14-16-13-17(28-24-16)15-7-5-4-6-8-15;/h4-8,13H,3,9-12,14H2,1-2H3,(H,21,22);1H. The lowest BCUT2D eigenvalue weighted by Crippen LogP contribution is -2.52. The minimum atomic E-state index is 0. The van der Waals surface area contributed by atoms with Gasteiger partial charge in [0.2, 0.25) is 5.13 Å². The molecule has 0 saturated carbocycles. The summed E-state index contributed by atoms with van der Waals surface area (Å²) in [6.45, 7) is 6.22. The molecule has 1 fully saturated rings. The Labute approximate surface area is 197 Å². The Hall–Kier alpha value is -2.21. The van der Waals surface area contributed by atoms with Crippen molar-refractivity contribution in [2.24, 2.45) is 4.99 Å². The Morgan fingerprint density at radius 2 is 1.97 bits per heavy atom. The number of rotatable bonds is 5. The summed E-state index contributed by atoms with van der Waals surface area (Å²) in [7, 11) is 1.81. The van der Waals surface area contributed by atoms with Gasteiger partial charge in [0.1, 0.15) is 11.5 Å². The van der Waals surface area contributed by atoms with E-state index in [0.717, 1.165) is 66.5 Å². The number of benzene rings is 1. The number of halogens is 1. The molecule has 3 heterocycles. The average Bonchev–Trinajstić information content (AvgIpc) is 3.45. The number of aryl methyl sites for hydroxylation is 1. The van der Waals surface area contributed by atoms with Crippen molar-refractivity contribution in [2.75, 3.05) is 38.1 Å². The summed E-state index contributed by atoms with van der Waals surface area (Å²) in [5.41, 5.74) is 1.87. The second kappa shape index (κ2) is 10.7. The first kappa shape index (κ1) is 22.5. The summed E-state index contributed by atoms with van der Waals surface area (Å²) in [5.74, 6) is 2.57. The van der Waals surface area contributed by atoms with Crippen molar-refractivity contribution in [1.82, 2.24) is 24.7 Å². The summed E-state index contributed by atoms with van der Waals surface area (Å²) in [6, 6.07) is 12.0. The summed E-state index contributed by atoms with van der Waals surface area (Å²) < 4.78 is 9.86. The van der Waals surface area contributed by atoms with Crippen molar-refractivity contribution in [3.63, 3.8) is 0 Å². The van der Waals surface area contributed by atoms with E-state index in [-0.39, 0.29) is 24.0 Å². The molecule has 10 heteroatoms. The molecule has 0 atom stereocenters. The van der Waals surface area contributed by atoms with Crippen LogP contribution in [0.2, 0.25) is 0 Å². The Bertz CT molecular complexity index is 951. The van der Waals surface area contributed by atoms with E-state index in [1.807, 2.05) is 43.4 Å². The Morgan fingerprint density at radius 3 is 2.63 bits per heavy atom. The number of aromatic nitrogens is 3. The number of aliphatic imine (C=N–C) groups is 1. The summed E-state index contributed by atoms with van der Waals surface area (Å²) in [4.78, 5) is 13.6. The van der Waals surface area contributed by atoms with E-state index in [0.29, 0.717) is 6.54 Å². The van der Waals surface area contributed by atoms with Crippen molar-refractivity contribution in [1.29, 1.82) is 0 Å². The molecule has 1 N–H and O–H groups in total. The third kappa shape index (κ3) is 5.28. The second-order valence-corrected chi connectivity index (χ2v) is 7.50. The van der Waals surface area contributed by atoms with Gasteiger partial charge in [-0.1, -0.05) is 42.4 Å². The van der Waals surface area contributed by atoms with Crippen LogP contribution in [0.25, 0.3) is 11.3 Å². The van der Waals surface area contributed by atoms with Gasteiger partial charge in [-0.2, -0.15) is 4.37 Å². The van der Waals surface area contributed by atoms with Crippen molar-refractivity contribution in [3.8, 4) is 11.3 Å². The molecule has 160 valence electrons.